The molecule has 0 spiro atoms. The van der Waals surface area contributed by atoms with Crippen molar-refractivity contribution in [3.63, 3.8) is 0 Å². The molecule has 0 aliphatic heterocycles. The molecule has 2 aromatic rings. The Morgan fingerprint density at radius 1 is 1.26 bits per heavy atom. The number of anilines is 1. The molecule has 0 unspecified atom stereocenters. The molecule has 2 aromatic carbocycles. The number of carbonyl (C=O) groups is 1. The van der Waals surface area contributed by atoms with Gasteiger partial charge in [-0.2, -0.15) is 0 Å². The third kappa shape index (κ3) is 5.25. The van der Waals surface area contributed by atoms with E-state index in [-0.39, 0.29) is 11.3 Å². The number of rotatable bonds is 1. The first-order valence-corrected chi connectivity index (χ1v) is 6.48. The molecule has 0 aliphatic carbocycles. The molecule has 0 saturated carbocycles. The van der Waals surface area contributed by atoms with E-state index in [1.807, 2.05) is 0 Å². The average molecular weight is 373 g/mol. The first-order chi connectivity index (χ1) is 8.90. The van der Waals surface area contributed by atoms with E-state index < -0.39 is 11.8 Å². The zero-order valence-electron chi connectivity index (χ0n) is 10.2. The van der Waals surface area contributed by atoms with Crippen LogP contribution in [0.5, 0.6) is 0 Å². The van der Waals surface area contributed by atoms with Crippen molar-refractivity contribution < 1.29 is 14.3 Å². The number of carboxylic acid groups (broad SMARTS) is 1. The lowest BCUT2D eigenvalue weighted by Crippen LogP contribution is -2.02. The van der Waals surface area contributed by atoms with Crippen LogP contribution in [-0.4, -0.2) is 11.1 Å². The highest BCUT2D eigenvalue weighted by molar-refractivity contribution is 14.1. The Hall–Kier alpha value is -1.63. The minimum absolute atomic E-state index is 0.0579. The highest BCUT2D eigenvalue weighted by atomic mass is 127. The summed E-state index contributed by atoms with van der Waals surface area (Å²) in [5.41, 5.74) is 6.40. The van der Waals surface area contributed by atoms with Crippen LogP contribution in [0, 0.1) is 16.3 Å². The normalized spacial score (nSPS) is 9.42. The SMILES string of the molecule is Cc1cccc(I)c1.Nc1cc(F)ccc1C(=O)O. The number of nitrogen functional groups attached to an aromatic ring is 1. The van der Waals surface area contributed by atoms with Crippen LogP contribution in [0.4, 0.5) is 10.1 Å². The number of hydrogen-bond acceptors (Lipinski definition) is 2. The van der Waals surface area contributed by atoms with E-state index in [1.54, 1.807) is 0 Å². The highest BCUT2D eigenvalue weighted by Crippen LogP contribution is 2.12. The lowest BCUT2D eigenvalue weighted by molar-refractivity contribution is 0.0698. The zero-order chi connectivity index (χ0) is 14.4. The van der Waals surface area contributed by atoms with Crippen LogP contribution in [0.1, 0.15) is 15.9 Å². The maximum absolute atomic E-state index is 12.3. The van der Waals surface area contributed by atoms with Crippen LogP contribution in [-0.2, 0) is 0 Å². The second-order valence-corrected chi connectivity index (χ2v) is 5.08. The molecule has 0 bridgehead atoms. The Labute approximate surface area is 124 Å². The van der Waals surface area contributed by atoms with Crippen molar-refractivity contribution in [3.05, 3.63) is 63.0 Å². The number of nitrogens with two attached hydrogens (primary N) is 1. The number of benzene rings is 2. The van der Waals surface area contributed by atoms with E-state index in [0.717, 1.165) is 18.2 Å². The minimum Gasteiger partial charge on any atom is -0.478 e. The summed E-state index contributed by atoms with van der Waals surface area (Å²) in [6.07, 6.45) is 0. The molecule has 19 heavy (non-hydrogen) atoms. The Bertz CT molecular complexity index is 570. The van der Waals surface area contributed by atoms with Crippen molar-refractivity contribution in [2.24, 2.45) is 0 Å². The van der Waals surface area contributed by atoms with Crippen LogP contribution >= 0.6 is 22.6 Å². The average Bonchev–Trinajstić information content (AvgIpc) is 2.28. The van der Waals surface area contributed by atoms with Crippen molar-refractivity contribution in [1.82, 2.24) is 0 Å². The molecule has 0 aliphatic rings. The Kier molecular flexibility index (Phi) is 5.75. The molecule has 0 aromatic heterocycles. The molecule has 100 valence electrons. The highest BCUT2D eigenvalue weighted by Gasteiger charge is 2.06. The molecule has 5 heteroatoms. The van der Waals surface area contributed by atoms with Gasteiger partial charge in [-0.25, -0.2) is 9.18 Å². The number of hydrogen-bond donors (Lipinski definition) is 2. The molecule has 3 nitrogen and oxygen atoms in total. The van der Waals surface area contributed by atoms with Crippen molar-refractivity contribution in [2.45, 2.75) is 6.92 Å². The third-order valence-corrected chi connectivity index (χ3v) is 2.90. The summed E-state index contributed by atoms with van der Waals surface area (Å²) in [5.74, 6) is -1.69. The summed E-state index contributed by atoms with van der Waals surface area (Å²) in [7, 11) is 0. The van der Waals surface area contributed by atoms with Gasteiger partial charge in [0.25, 0.3) is 0 Å². The monoisotopic (exact) mass is 373 g/mol. The van der Waals surface area contributed by atoms with Crippen LogP contribution in [0.15, 0.2) is 42.5 Å². The molecular weight excluding hydrogens is 360 g/mol. The fourth-order valence-electron chi connectivity index (χ4n) is 1.33. The first-order valence-electron chi connectivity index (χ1n) is 5.40. The number of aromatic carboxylic acids is 1. The summed E-state index contributed by atoms with van der Waals surface area (Å²) in [6.45, 7) is 2.10. The molecule has 3 N–H and O–H groups in total. The second kappa shape index (κ2) is 7.08. The molecule has 0 radical (unpaired) electrons. The van der Waals surface area contributed by atoms with Gasteiger partial charge in [-0.3, -0.25) is 0 Å². The zero-order valence-corrected chi connectivity index (χ0v) is 12.4. The Morgan fingerprint density at radius 2 is 1.95 bits per heavy atom. The quantitative estimate of drug-likeness (QED) is 0.592. The smallest absolute Gasteiger partial charge is 0.337 e. The van der Waals surface area contributed by atoms with Gasteiger partial charge < -0.3 is 10.8 Å². The maximum Gasteiger partial charge on any atom is 0.337 e. The van der Waals surface area contributed by atoms with E-state index in [4.69, 9.17) is 10.8 Å². The molecular formula is C14H13FINO2. The van der Waals surface area contributed by atoms with E-state index in [0.29, 0.717) is 0 Å². The molecule has 0 amide bonds. The number of carboxylic acids is 1. The van der Waals surface area contributed by atoms with Gasteiger partial charge in [0, 0.05) is 9.26 Å². The largest absolute Gasteiger partial charge is 0.478 e. The maximum atomic E-state index is 12.3. The predicted octanol–water partition coefficient (Wildman–Crippen LogP) is 3.71. The van der Waals surface area contributed by atoms with Gasteiger partial charge in [-0.1, -0.05) is 17.7 Å². The standard InChI is InChI=1S/C7H6FNO2.C7H7I/c8-4-1-2-5(7(10)11)6(9)3-4;1-6-3-2-4-7(8)5-6/h1-3H,9H2,(H,10,11);2-5H,1H3. The van der Waals surface area contributed by atoms with Crippen LogP contribution in [0.25, 0.3) is 0 Å². The van der Waals surface area contributed by atoms with Crippen LogP contribution < -0.4 is 5.73 Å². The summed E-state index contributed by atoms with van der Waals surface area (Å²) >= 11 is 2.31. The summed E-state index contributed by atoms with van der Waals surface area (Å²) in [4.78, 5) is 10.3. The van der Waals surface area contributed by atoms with Crippen LogP contribution in [0.3, 0.4) is 0 Å². The van der Waals surface area contributed by atoms with Gasteiger partial charge in [0.05, 0.1) is 5.56 Å². The van der Waals surface area contributed by atoms with Crippen molar-refractivity contribution in [3.8, 4) is 0 Å². The van der Waals surface area contributed by atoms with Gasteiger partial charge >= 0.3 is 5.97 Å². The van der Waals surface area contributed by atoms with E-state index in [2.05, 4.69) is 53.8 Å². The van der Waals surface area contributed by atoms with Gasteiger partial charge in [-0.15, -0.1) is 0 Å². The predicted molar refractivity (Wildman–Crippen MR) is 81.7 cm³/mol. The third-order valence-electron chi connectivity index (χ3n) is 2.22. The molecule has 0 saturated heterocycles. The lowest BCUT2D eigenvalue weighted by atomic mass is 10.2. The molecule has 0 fully saturated rings. The van der Waals surface area contributed by atoms with Crippen molar-refractivity contribution in [2.75, 3.05) is 5.73 Å². The van der Waals surface area contributed by atoms with E-state index in [9.17, 15) is 9.18 Å². The molecule has 2 rings (SSSR count). The summed E-state index contributed by atoms with van der Waals surface area (Å²) < 4.78 is 13.6. The topological polar surface area (TPSA) is 63.3 Å². The van der Waals surface area contributed by atoms with Gasteiger partial charge in [0.2, 0.25) is 0 Å². The van der Waals surface area contributed by atoms with Gasteiger partial charge in [-0.05, 0) is 59.8 Å². The number of aryl methyl sites for hydroxylation is 1. The van der Waals surface area contributed by atoms with Crippen LogP contribution in [0.2, 0.25) is 0 Å². The Balaban J connectivity index is 0.000000200. The summed E-state index contributed by atoms with van der Waals surface area (Å²) in [5, 5.41) is 8.45. The molecule has 0 atom stereocenters. The molecule has 0 heterocycles. The second-order valence-electron chi connectivity index (χ2n) is 3.84. The van der Waals surface area contributed by atoms with E-state index >= 15 is 0 Å². The number of halogens is 2. The minimum atomic E-state index is -1.15. The Morgan fingerprint density at radius 3 is 2.37 bits per heavy atom. The lowest BCUT2D eigenvalue weighted by Gasteiger charge is -1.98. The van der Waals surface area contributed by atoms with Crippen molar-refractivity contribution in [1.29, 1.82) is 0 Å². The van der Waals surface area contributed by atoms with Gasteiger partial charge in [0.15, 0.2) is 0 Å². The first kappa shape index (κ1) is 15.4. The fourth-order valence-corrected chi connectivity index (χ4v) is 2.03. The van der Waals surface area contributed by atoms with Crippen molar-refractivity contribution >= 4 is 34.2 Å². The fraction of sp³-hybridized carbons (Fsp3) is 0.0714. The van der Waals surface area contributed by atoms with E-state index in [1.165, 1.54) is 9.13 Å². The summed E-state index contributed by atoms with van der Waals surface area (Å²) in [6, 6.07) is 11.6. The van der Waals surface area contributed by atoms with Gasteiger partial charge in [0.1, 0.15) is 5.82 Å².